The van der Waals surface area contributed by atoms with E-state index in [0.717, 1.165) is 23.5 Å². The van der Waals surface area contributed by atoms with E-state index in [1.165, 1.54) is 38.1 Å². The van der Waals surface area contributed by atoms with Crippen molar-refractivity contribution in [1.82, 2.24) is 14.5 Å². The summed E-state index contributed by atoms with van der Waals surface area (Å²) < 4.78 is 7.06. The SMILES string of the molecule is CCOC(=O)CN=C/C(=C\N)Nc1ncc2ccn(CC3CCC(C)CC3)c2n1. The zero-order chi connectivity index (χ0) is 20.6. The van der Waals surface area contributed by atoms with Crippen LogP contribution in [0, 0.1) is 11.8 Å². The minimum absolute atomic E-state index is 0.0599. The quantitative estimate of drug-likeness (QED) is 0.523. The number of nitrogens with zero attached hydrogens (tertiary/aromatic N) is 4. The van der Waals surface area contributed by atoms with Crippen molar-refractivity contribution in [2.24, 2.45) is 22.6 Å². The lowest BCUT2D eigenvalue weighted by Crippen LogP contribution is -2.17. The van der Waals surface area contributed by atoms with Crippen LogP contribution in [0.15, 0.2) is 35.3 Å². The van der Waals surface area contributed by atoms with Crippen LogP contribution in [0.2, 0.25) is 0 Å². The first-order valence-corrected chi connectivity index (χ1v) is 10.2. The maximum Gasteiger partial charge on any atom is 0.327 e. The van der Waals surface area contributed by atoms with E-state index in [4.69, 9.17) is 10.5 Å². The second-order valence-electron chi connectivity index (χ2n) is 7.59. The van der Waals surface area contributed by atoms with Gasteiger partial charge >= 0.3 is 5.97 Å². The van der Waals surface area contributed by atoms with Crippen molar-refractivity contribution < 1.29 is 9.53 Å². The third-order valence-electron chi connectivity index (χ3n) is 5.28. The summed E-state index contributed by atoms with van der Waals surface area (Å²) in [5.41, 5.74) is 7.07. The number of ether oxygens (including phenoxy) is 1. The predicted molar refractivity (Wildman–Crippen MR) is 115 cm³/mol. The molecule has 1 aliphatic carbocycles. The van der Waals surface area contributed by atoms with Crippen molar-refractivity contribution in [3.63, 3.8) is 0 Å². The van der Waals surface area contributed by atoms with Gasteiger partial charge in [0.25, 0.3) is 0 Å². The molecule has 1 fully saturated rings. The normalized spacial score (nSPS) is 20.3. The summed E-state index contributed by atoms with van der Waals surface area (Å²) in [6.07, 6.45) is 11.9. The molecule has 3 rings (SSSR count). The van der Waals surface area contributed by atoms with Gasteiger partial charge in [0.05, 0.1) is 12.3 Å². The number of allylic oxidation sites excluding steroid dienone is 1. The maximum absolute atomic E-state index is 11.4. The Morgan fingerprint density at radius 1 is 1.41 bits per heavy atom. The average Bonchev–Trinajstić information content (AvgIpc) is 3.11. The van der Waals surface area contributed by atoms with Crippen LogP contribution in [0.25, 0.3) is 11.0 Å². The molecule has 1 aliphatic rings. The topological polar surface area (TPSA) is 107 Å². The van der Waals surface area contributed by atoms with Crippen LogP contribution in [-0.4, -0.2) is 39.9 Å². The second kappa shape index (κ2) is 10.0. The van der Waals surface area contributed by atoms with E-state index in [0.29, 0.717) is 24.2 Å². The Hall–Kier alpha value is -2.90. The molecule has 29 heavy (non-hydrogen) atoms. The molecule has 3 N–H and O–H groups in total. The number of fused-ring (bicyclic) bond motifs is 1. The first-order chi connectivity index (χ1) is 14.1. The fraction of sp³-hybridized carbons (Fsp3) is 0.524. The number of esters is 1. The predicted octanol–water partition coefficient (Wildman–Crippen LogP) is 3.10. The van der Waals surface area contributed by atoms with E-state index in [-0.39, 0.29) is 12.5 Å². The molecule has 1 saturated carbocycles. The molecule has 0 bridgehead atoms. The standard InChI is InChI=1S/C21H30N6O2/c1-3-29-19(28)13-23-12-18(10-22)25-21-24-11-17-8-9-27(20(17)26-21)14-16-6-4-15(2)5-7-16/h8-12,15-16H,3-7,13-14,22H2,1-2H3,(H,24,25,26)/b18-10+,23-12?. The third-order valence-corrected chi connectivity index (χ3v) is 5.28. The Bertz CT molecular complexity index is 880. The Morgan fingerprint density at radius 2 is 2.21 bits per heavy atom. The Labute approximate surface area is 171 Å². The number of aromatic nitrogens is 3. The highest BCUT2D eigenvalue weighted by Crippen LogP contribution is 2.30. The zero-order valence-corrected chi connectivity index (χ0v) is 17.2. The van der Waals surface area contributed by atoms with Gasteiger partial charge in [-0.2, -0.15) is 4.98 Å². The molecule has 156 valence electrons. The minimum Gasteiger partial charge on any atom is -0.465 e. The fourth-order valence-electron chi connectivity index (χ4n) is 3.64. The van der Waals surface area contributed by atoms with Gasteiger partial charge in [-0.3, -0.25) is 9.79 Å². The summed E-state index contributed by atoms with van der Waals surface area (Å²) in [7, 11) is 0. The zero-order valence-electron chi connectivity index (χ0n) is 17.2. The van der Waals surface area contributed by atoms with Gasteiger partial charge in [0.1, 0.15) is 12.2 Å². The van der Waals surface area contributed by atoms with Crippen LogP contribution >= 0.6 is 0 Å². The van der Waals surface area contributed by atoms with Gasteiger partial charge < -0.3 is 20.4 Å². The average molecular weight is 399 g/mol. The van der Waals surface area contributed by atoms with Crippen molar-refractivity contribution in [2.45, 2.75) is 46.1 Å². The van der Waals surface area contributed by atoms with Gasteiger partial charge in [-0.05, 0) is 37.7 Å². The van der Waals surface area contributed by atoms with Gasteiger partial charge in [-0.1, -0.05) is 19.8 Å². The second-order valence-corrected chi connectivity index (χ2v) is 7.59. The van der Waals surface area contributed by atoms with E-state index in [1.54, 1.807) is 13.1 Å². The Kier molecular flexibility index (Phi) is 7.21. The lowest BCUT2D eigenvalue weighted by atomic mass is 9.83. The van der Waals surface area contributed by atoms with Crippen molar-refractivity contribution in [2.75, 3.05) is 18.5 Å². The number of nitrogens with one attached hydrogen (secondary N) is 1. The summed E-state index contributed by atoms with van der Waals surface area (Å²) in [5.74, 6) is 1.60. The molecule has 0 unspecified atom stereocenters. The van der Waals surface area contributed by atoms with Crippen molar-refractivity contribution in [3.05, 3.63) is 30.4 Å². The summed E-state index contributed by atoms with van der Waals surface area (Å²) in [4.78, 5) is 24.4. The van der Waals surface area contributed by atoms with E-state index in [9.17, 15) is 4.79 Å². The number of hydrogen-bond donors (Lipinski definition) is 2. The molecule has 0 spiro atoms. The number of hydrogen-bond acceptors (Lipinski definition) is 7. The van der Waals surface area contributed by atoms with Gasteiger partial charge in [-0.25, -0.2) is 4.98 Å². The highest BCUT2D eigenvalue weighted by atomic mass is 16.5. The Balaban J connectivity index is 1.66. The smallest absolute Gasteiger partial charge is 0.327 e. The lowest BCUT2D eigenvalue weighted by Gasteiger charge is -2.26. The monoisotopic (exact) mass is 398 g/mol. The van der Waals surface area contributed by atoms with E-state index >= 15 is 0 Å². The molecule has 2 aromatic rings. The highest BCUT2D eigenvalue weighted by molar-refractivity contribution is 5.85. The van der Waals surface area contributed by atoms with E-state index in [1.807, 2.05) is 6.07 Å². The number of carbonyl (C=O) groups excluding carboxylic acids is 1. The largest absolute Gasteiger partial charge is 0.465 e. The molecule has 2 heterocycles. The van der Waals surface area contributed by atoms with Crippen LogP contribution in [0.1, 0.15) is 39.5 Å². The molecule has 0 aliphatic heterocycles. The maximum atomic E-state index is 11.4. The summed E-state index contributed by atoms with van der Waals surface area (Å²) in [6, 6.07) is 2.05. The molecule has 2 aromatic heterocycles. The first-order valence-electron chi connectivity index (χ1n) is 10.2. The highest BCUT2D eigenvalue weighted by Gasteiger charge is 2.19. The number of rotatable bonds is 8. The first kappa shape index (κ1) is 20.8. The summed E-state index contributed by atoms with van der Waals surface area (Å²) in [6.45, 7) is 5.35. The molecule has 0 radical (unpaired) electrons. The molecule has 8 nitrogen and oxygen atoms in total. The molecule has 8 heteroatoms. The Morgan fingerprint density at radius 3 is 2.93 bits per heavy atom. The van der Waals surface area contributed by atoms with Gasteiger partial charge in [0, 0.05) is 36.7 Å². The van der Waals surface area contributed by atoms with Crippen LogP contribution < -0.4 is 11.1 Å². The molecule has 0 atom stereocenters. The van der Waals surface area contributed by atoms with Crippen molar-refractivity contribution in [1.29, 1.82) is 0 Å². The third kappa shape index (κ3) is 5.79. The van der Waals surface area contributed by atoms with E-state index in [2.05, 4.69) is 38.0 Å². The van der Waals surface area contributed by atoms with Crippen molar-refractivity contribution >= 4 is 29.2 Å². The summed E-state index contributed by atoms with van der Waals surface area (Å²) in [5, 5.41) is 4.06. The van der Waals surface area contributed by atoms with E-state index < -0.39 is 0 Å². The summed E-state index contributed by atoms with van der Waals surface area (Å²) >= 11 is 0. The number of anilines is 1. The minimum atomic E-state index is -0.382. The number of aliphatic imine (C=N–C) groups is 1. The number of nitrogens with two attached hydrogens (primary N) is 1. The van der Waals surface area contributed by atoms with Crippen molar-refractivity contribution in [3.8, 4) is 0 Å². The van der Waals surface area contributed by atoms with Gasteiger partial charge in [-0.15, -0.1) is 0 Å². The van der Waals surface area contributed by atoms with Crippen LogP contribution in [0.5, 0.6) is 0 Å². The molecule has 0 saturated heterocycles. The number of carbonyl (C=O) groups is 1. The molecule has 0 aromatic carbocycles. The lowest BCUT2D eigenvalue weighted by molar-refractivity contribution is -0.141. The van der Waals surface area contributed by atoms with Gasteiger partial charge in [0.15, 0.2) is 0 Å². The molecular weight excluding hydrogens is 368 g/mol. The van der Waals surface area contributed by atoms with Crippen LogP contribution in [0.4, 0.5) is 5.95 Å². The van der Waals surface area contributed by atoms with Gasteiger partial charge in [0.2, 0.25) is 5.95 Å². The fourth-order valence-corrected chi connectivity index (χ4v) is 3.64. The molecular formula is C21H30N6O2. The van der Waals surface area contributed by atoms with Crippen LogP contribution in [0.3, 0.4) is 0 Å². The van der Waals surface area contributed by atoms with Crippen LogP contribution in [-0.2, 0) is 16.1 Å². The molecule has 0 amide bonds.